The highest BCUT2D eigenvalue weighted by atomic mass is 35.5. The van der Waals surface area contributed by atoms with Gasteiger partial charge in [0.2, 0.25) is 11.7 Å². The van der Waals surface area contributed by atoms with Crippen LogP contribution in [0.2, 0.25) is 0 Å². The summed E-state index contributed by atoms with van der Waals surface area (Å²) in [5.74, 6) is 0.907. The molecule has 2 aromatic rings. The number of nitrogens with two attached hydrogens (primary N) is 1. The van der Waals surface area contributed by atoms with Gasteiger partial charge in [-0.1, -0.05) is 38.1 Å². The van der Waals surface area contributed by atoms with E-state index in [1.807, 2.05) is 19.9 Å². The van der Waals surface area contributed by atoms with Crippen molar-refractivity contribution in [3.05, 3.63) is 35.7 Å². The van der Waals surface area contributed by atoms with Crippen LogP contribution in [0.4, 0.5) is 0 Å². The van der Waals surface area contributed by atoms with E-state index in [2.05, 4.69) is 36.2 Å². The van der Waals surface area contributed by atoms with Crippen molar-refractivity contribution < 1.29 is 9.32 Å². The first-order chi connectivity index (χ1) is 11.1. The zero-order chi connectivity index (χ0) is 18.0. The quantitative estimate of drug-likeness (QED) is 0.847. The Morgan fingerprint density at radius 2 is 1.92 bits per heavy atom. The molecule has 0 unspecified atom stereocenters. The maximum absolute atomic E-state index is 12.4. The van der Waals surface area contributed by atoms with Crippen LogP contribution in [0.25, 0.3) is 11.4 Å². The number of halogens is 1. The third-order valence-corrected chi connectivity index (χ3v) is 3.49. The number of nitrogens with zero attached hydrogens (tertiary/aromatic N) is 2. The summed E-state index contributed by atoms with van der Waals surface area (Å²) in [5.41, 5.74) is 6.55. The molecule has 1 amide bonds. The van der Waals surface area contributed by atoms with Crippen molar-refractivity contribution >= 4 is 18.3 Å². The molecular formula is C18H27ClN4O2. The molecule has 0 spiro atoms. The monoisotopic (exact) mass is 366 g/mol. The summed E-state index contributed by atoms with van der Waals surface area (Å²) in [5, 5.41) is 6.93. The fourth-order valence-corrected chi connectivity index (χ4v) is 2.13. The maximum Gasteiger partial charge on any atom is 0.251 e. The molecule has 0 fully saturated rings. The normalized spacial score (nSPS) is 11.8. The van der Waals surface area contributed by atoms with Crippen LogP contribution < -0.4 is 11.1 Å². The largest absolute Gasteiger partial charge is 0.346 e. The number of nitrogens with one attached hydrogen (secondary N) is 1. The third-order valence-electron chi connectivity index (χ3n) is 3.49. The van der Waals surface area contributed by atoms with Crippen LogP contribution in [0.15, 0.2) is 28.8 Å². The second-order valence-corrected chi connectivity index (χ2v) is 7.87. The molecule has 0 bridgehead atoms. The van der Waals surface area contributed by atoms with Gasteiger partial charge in [-0.2, -0.15) is 4.98 Å². The third kappa shape index (κ3) is 6.14. The van der Waals surface area contributed by atoms with E-state index in [4.69, 9.17) is 10.3 Å². The average molecular weight is 367 g/mol. The number of aromatic nitrogens is 2. The molecule has 0 aliphatic heterocycles. The van der Waals surface area contributed by atoms with E-state index in [-0.39, 0.29) is 23.7 Å². The summed E-state index contributed by atoms with van der Waals surface area (Å²) >= 11 is 0. The van der Waals surface area contributed by atoms with Gasteiger partial charge in [0.05, 0.1) is 0 Å². The fraction of sp³-hybridized carbons (Fsp3) is 0.500. The van der Waals surface area contributed by atoms with E-state index >= 15 is 0 Å². The van der Waals surface area contributed by atoms with E-state index in [1.165, 1.54) is 0 Å². The van der Waals surface area contributed by atoms with Crippen molar-refractivity contribution in [3.63, 3.8) is 0 Å². The second-order valence-electron chi connectivity index (χ2n) is 7.87. The smallest absolute Gasteiger partial charge is 0.251 e. The number of amides is 1. The molecule has 0 aliphatic carbocycles. The molecule has 3 N–H and O–H groups in total. The lowest BCUT2D eigenvalue weighted by Crippen LogP contribution is -2.48. The van der Waals surface area contributed by atoms with Gasteiger partial charge >= 0.3 is 0 Å². The minimum absolute atomic E-state index is 0. The van der Waals surface area contributed by atoms with E-state index in [9.17, 15) is 4.79 Å². The molecule has 138 valence electrons. The Kier molecular flexibility index (Phi) is 6.74. The molecule has 0 radical (unpaired) electrons. The maximum atomic E-state index is 12.4. The summed E-state index contributed by atoms with van der Waals surface area (Å²) < 4.78 is 5.32. The lowest BCUT2D eigenvalue weighted by Gasteiger charge is -2.24. The highest BCUT2D eigenvalue weighted by Gasteiger charge is 2.20. The number of carbonyl (C=O) groups is 1. The number of hydrogen-bond donors (Lipinski definition) is 2. The molecule has 2 rings (SSSR count). The summed E-state index contributed by atoms with van der Waals surface area (Å²) in [6, 6.07) is 7.17. The molecule has 0 saturated carbocycles. The van der Waals surface area contributed by atoms with E-state index in [1.54, 1.807) is 18.2 Å². The van der Waals surface area contributed by atoms with Crippen molar-refractivity contribution in [2.75, 3.05) is 6.54 Å². The van der Waals surface area contributed by atoms with Crippen LogP contribution in [0, 0.1) is 5.41 Å². The van der Waals surface area contributed by atoms with Gasteiger partial charge in [-0.15, -0.1) is 12.4 Å². The van der Waals surface area contributed by atoms with E-state index in [0.717, 1.165) is 5.56 Å². The van der Waals surface area contributed by atoms with Gasteiger partial charge in [-0.25, -0.2) is 0 Å². The summed E-state index contributed by atoms with van der Waals surface area (Å²) in [6.07, 6.45) is 0.699. The Bertz CT molecular complexity index is 720. The van der Waals surface area contributed by atoms with Crippen LogP contribution in [-0.4, -0.2) is 28.1 Å². The molecule has 25 heavy (non-hydrogen) atoms. The van der Waals surface area contributed by atoms with Crippen LogP contribution in [0.1, 0.15) is 50.9 Å². The minimum atomic E-state index is -0.459. The molecule has 7 heteroatoms. The molecule has 6 nitrogen and oxygen atoms in total. The predicted octanol–water partition coefficient (Wildman–Crippen LogP) is 3.21. The Hall–Kier alpha value is -1.92. The molecule has 0 saturated heterocycles. The predicted molar refractivity (Wildman–Crippen MR) is 101 cm³/mol. The first kappa shape index (κ1) is 21.1. The molecule has 1 aromatic carbocycles. The van der Waals surface area contributed by atoms with Gasteiger partial charge in [0.1, 0.15) is 0 Å². The highest BCUT2D eigenvalue weighted by molar-refractivity contribution is 5.95. The van der Waals surface area contributed by atoms with Crippen LogP contribution in [0.5, 0.6) is 0 Å². The summed E-state index contributed by atoms with van der Waals surface area (Å²) in [7, 11) is 0. The van der Waals surface area contributed by atoms with Crippen molar-refractivity contribution in [1.82, 2.24) is 15.5 Å². The number of rotatable bonds is 5. The van der Waals surface area contributed by atoms with E-state index < -0.39 is 5.54 Å². The molecule has 0 atom stereocenters. The van der Waals surface area contributed by atoms with Gasteiger partial charge in [0.25, 0.3) is 5.91 Å². The van der Waals surface area contributed by atoms with Crippen molar-refractivity contribution in [2.24, 2.45) is 11.1 Å². The SMILES string of the molecule is CC(C)(C)Cc1nc(-c2cccc(C(=O)NC(C)(C)CN)c2)no1.Cl. The van der Waals surface area contributed by atoms with Crippen molar-refractivity contribution in [1.29, 1.82) is 0 Å². The summed E-state index contributed by atoms with van der Waals surface area (Å²) in [4.78, 5) is 16.8. The van der Waals surface area contributed by atoms with Gasteiger partial charge in [0, 0.05) is 29.6 Å². The first-order valence-electron chi connectivity index (χ1n) is 8.05. The number of benzene rings is 1. The Labute approximate surface area is 155 Å². The summed E-state index contributed by atoms with van der Waals surface area (Å²) in [6.45, 7) is 10.5. The van der Waals surface area contributed by atoms with Gasteiger partial charge in [-0.3, -0.25) is 4.79 Å². The molecule has 1 aromatic heterocycles. The van der Waals surface area contributed by atoms with Crippen molar-refractivity contribution in [3.8, 4) is 11.4 Å². The zero-order valence-electron chi connectivity index (χ0n) is 15.4. The molecular weight excluding hydrogens is 340 g/mol. The minimum Gasteiger partial charge on any atom is -0.346 e. The number of hydrogen-bond acceptors (Lipinski definition) is 5. The Morgan fingerprint density at radius 1 is 1.24 bits per heavy atom. The van der Waals surface area contributed by atoms with Gasteiger partial charge in [0.15, 0.2) is 0 Å². The highest BCUT2D eigenvalue weighted by Crippen LogP contribution is 2.22. The van der Waals surface area contributed by atoms with Crippen LogP contribution >= 0.6 is 12.4 Å². The van der Waals surface area contributed by atoms with Gasteiger partial charge < -0.3 is 15.6 Å². The average Bonchev–Trinajstić information content (AvgIpc) is 2.93. The van der Waals surface area contributed by atoms with Crippen LogP contribution in [-0.2, 0) is 6.42 Å². The topological polar surface area (TPSA) is 94.0 Å². The zero-order valence-corrected chi connectivity index (χ0v) is 16.2. The fourth-order valence-electron chi connectivity index (χ4n) is 2.13. The van der Waals surface area contributed by atoms with Crippen LogP contribution in [0.3, 0.4) is 0 Å². The first-order valence-corrected chi connectivity index (χ1v) is 8.05. The second kappa shape index (κ2) is 7.97. The molecule has 1 heterocycles. The van der Waals surface area contributed by atoms with E-state index in [0.29, 0.717) is 30.2 Å². The lowest BCUT2D eigenvalue weighted by atomic mass is 9.92. The van der Waals surface area contributed by atoms with Gasteiger partial charge in [-0.05, 0) is 31.4 Å². The number of carbonyl (C=O) groups excluding carboxylic acids is 1. The molecule has 0 aliphatic rings. The Morgan fingerprint density at radius 3 is 2.52 bits per heavy atom. The standard InChI is InChI=1S/C18H26N4O2.ClH/c1-17(2,3)10-14-20-15(22-24-14)12-7-6-8-13(9-12)16(23)21-18(4,5)11-19;/h6-9H,10-11,19H2,1-5H3,(H,21,23);1H. The Balaban J connectivity index is 0.00000312. The lowest BCUT2D eigenvalue weighted by molar-refractivity contribution is 0.0915. The van der Waals surface area contributed by atoms with Crippen molar-refractivity contribution in [2.45, 2.75) is 46.6 Å².